The largest absolute Gasteiger partial charge is 0.387 e. The molecule has 0 saturated carbocycles. The average molecular weight is 278 g/mol. The molecule has 0 unspecified atom stereocenters. The van der Waals surface area contributed by atoms with E-state index in [-0.39, 0.29) is 5.88 Å². The average Bonchev–Trinajstić information content (AvgIpc) is 2.28. The van der Waals surface area contributed by atoms with Gasteiger partial charge in [-0.3, -0.25) is 4.31 Å². The number of aliphatic hydroxyl groups is 1. The van der Waals surface area contributed by atoms with E-state index in [9.17, 15) is 13.5 Å². The van der Waals surface area contributed by atoms with E-state index in [1.165, 1.54) is 4.31 Å². The highest BCUT2D eigenvalue weighted by Crippen LogP contribution is 2.21. The van der Waals surface area contributed by atoms with Crippen LogP contribution in [0.5, 0.6) is 0 Å². The van der Waals surface area contributed by atoms with Gasteiger partial charge in [0.05, 0.1) is 23.9 Å². The molecule has 0 bridgehead atoms. The number of nitrogens with zero attached hydrogens (tertiary/aromatic N) is 1. The van der Waals surface area contributed by atoms with E-state index in [0.29, 0.717) is 17.8 Å². The number of sulfonamides is 1. The van der Waals surface area contributed by atoms with Crippen molar-refractivity contribution >= 4 is 27.3 Å². The molecule has 0 heterocycles. The maximum Gasteiger partial charge on any atom is 0.232 e. The molecule has 17 heavy (non-hydrogen) atoms. The van der Waals surface area contributed by atoms with Crippen molar-refractivity contribution in [1.82, 2.24) is 0 Å². The zero-order valence-electron chi connectivity index (χ0n) is 9.80. The molecule has 6 heteroatoms. The first-order chi connectivity index (χ1) is 7.90. The number of halogens is 1. The number of aliphatic hydroxyl groups excluding tert-OH is 1. The minimum absolute atomic E-state index is 0.114. The molecule has 1 N–H and O–H groups in total. The second-order valence-corrected chi connectivity index (χ2v) is 5.90. The van der Waals surface area contributed by atoms with Gasteiger partial charge in [-0.15, -0.1) is 11.6 Å². The van der Waals surface area contributed by atoms with Gasteiger partial charge in [0.25, 0.3) is 0 Å². The topological polar surface area (TPSA) is 57.6 Å². The van der Waals surface area contributed by atoms with Crippen molar-refractivity contribution in [3.8, 4) is 0 Å². The molecule has 0 spiro atoms. The Kier molecular flexibility index (Phi) is 4.80. The molecular formula is C11H16ClNO3S. The highest BCUT2D eigenvalue weighted by Gasteiger charge is 2.15. The van der Waals surface area contributed by atoms with Crippen LogP contribution < -0.4 is 4.31 Å². The Balaban J connectivity index is 3.01. The molecule has 96 valence electrons. The predicted molar refractivity (Wildman–Crippen MR) is 70.0 cm³/mol. The smallest absolute Gasteiger partial charge is 0.232 e. The molecule has 1 aromatic rings. The van der Waals surface area contributed by atoms with Gasteiger partial charge in [-0.1, -0.05) is 12.1 Å². The predicted octanol–water partition coefficient (Wildman–Crippen LogP) is 1.74. The summed E-state index contributed by atoms with van der Waals surface area (Å²) in [4.78, 5) is 0. The van der Waals surface area contributed by atoms with Gasteiger partial charge in [0.1, 0.15) is 0 Å². The Morgan fingerprint density at radius 1 is 1.35 bits per heavy atom. The summed E-state index contributed by atoms with van der Waals surface area (Å²) in [6.45, 7) is 2.14. The van der Waals surface area contributed by atoms with E-state index < -0.39 is 16.1 Å². The van der Waals surface area contributed by atoms with Crippen LogP contribution in [0.15, 0.2) is 24.3 Å². The van der Waals surface area contributed by atoms with Gasteiger partial charge in [-0.25, -0.2) is 8.42 Å². The maximum absolute atomic E-state index is 11.5. The number of hydrogen-bond donors (Lipinski definition) is 1. The first-order valence-corrected chi connectivity index (χ1v) is 7.60. The van der Waals surface area contributed by atoms with Gasteiger partial charge in [-0.05, 0) is 24.6 Å². The second kappa shape index (κ2) is 5.71. The Labute approximate surface area is 107 Å². The maximum atomic E-state index is 11.5. The number of hydrogen-bond acceptors (Lipinski definition) is 3. The Morgan fingerprint density at radius 3 is 2.24 bits per heavy atom. The lowest BCUT2D eigenvalue weighted by Gasteiger charge is -2.20. The third kappa shape index (κ3) is 3.59. The van der Waals surface area contributed by atoms with E-state index in [2.05, 4.69) is 0 Å². The molecule has 0 aromatic heterocycles. The lowest BCUT2D eigenvalue weighted by atomic mass is 10.1. The lowest BCUT2D eigenvalue weighted by molar-refractivity contribution is 0.202. The SMILES string of the molecule is CCN(c1ccc([C@@H](O)CCl)cc1)S(C)(=O)=O. The quantitative estimate of drug-likeness (QED) is 0.834. The molecule has 0 radical (unpaired) electrons. The van der Waals surface area contributed by atoms with E-state index in [0.717, 1.165) is 6.26 Å². The Morgan fingerprint density at radius 2 is 1.88 bits per heavy atom. The normalized spacial score (nSPS) is 13.4. The zero-order chi connectivity index (χ0) is 13.1. The van der Waals surface area contributed by atoms with Crippen molar-refractivity contribution in [2.24, 2.45) is 0 Å². The highest BCUT2D eigenvalue weighted by atomic mass is 35.5. The summed E-state index contributed by atoms with van der Waals surface area (Å²) in [7, 11) is -3.26. The first kappa shape index (κ1) is 14.3. The van der Waals surface area contributed by atoms with Crippen LogP contribution in [0.2, 0.25) is 0 Å². The van der Waals surface area contributed by atoms with E-state index >= 15 is 0 Å². The van der Waals surface area contributed by atoms with Gasteiger partial charge in [0.2, 0.25) is 10.0 Å². The van der Waals surface area contributed by atoms with Crippen LogP contribution in [0.3, 0.4) is 0 Å². The van der Waals surface area contributed by atoms with Crippen molar-refractivity contribution in [2.45, 2.75) is 13.0 Å². The molecule has 4 nitrogen and oxygen atoms in total. The van der Waals surface area contributed by atoms with Crippen LogP contribution >= 0.6 is 11.6 Å². The monoisotopic (exact) mass is 277 g/mol. The van der Waals surface area contributed by atoms with Gasteiger partial charge in [-0.2, -0.15) is 0 Å². The molecule has 0 amide bonds. The summed E-state index contributed by atoms with van der Waals surface area (Å²) in [5.74, 6) is 0.114. The molecule has 1 aromatic carbocycles. The van der Waals surface area contributed by atoms with Crippen LogP contribution in [0.25, 0.3) is 0 Å². The number of alkyl halides is 1. The third-order valence-corrected chi connectivity index (χ3v) is 3.96. The summed E-state index contributed by atoms with van der Waals surface area (Å²) in [6.07, 6.45) is 0.442. The number of benzene rings is 1. The molecule has 1 rings (SSSR count). The second-order valence-electron chi connectivity index (χ2n) is 3.69. The van der Waals surface area contributed by atoms with Crippen molar-refractivity contribution < 1.29 is 13.5 Å². The molecule has 0 aliphatic rings. The van der Waals surface area contributed by atoms with E-state index in [4.69, 9.17) is 11.6 Å². The molecule has 0 saturated heterocycles. The number of rotatable bonds is 5. The van der Waals surface area contributed by atoms with Crippen molar-refractivity contribution in [1.29, 1.82) is 0 Å². The minimum Gasteiger partial charge on any atom is -0.387 e. The third-order valence-electron chi connectivity index (χ3n) is 2.40. The van der Waals surface area contributed by atoms with Crippen molar-refractivity contribution in [2.75, 3.05) is 23.0 Å². The minimum atomic E-state index is -3.26. The Hall–Kier alpha value is -0.780. The summed E-state index contributed by atoms with van der Waals surface area (Å²) >= 11 is 5.53. The summed E-state index contributed by atoms with van der Waals surface area (Å²) in [6, 6.07) is 6.68. The van der Waals surface area contributed by atoms with Crippen LogP contribution in [0.1, 0.15) is 18.6 Å². The molecular weight excluding hydrogens is 262 g/mol. The summed E-state index contributed by atoms with van der Waals surface area (Å²) in [5, 5.41) is 9.51. The van der Waals surface area contributed by atoms with Crippen molar-refractivity contribution in [3.63, 3.8) is 0 Å². The van der Waals surface area contributed by atoms with E-state index in [1.807, 2.05) is 0 Å². The summed E-state index contributed by atoms with van der Waals surface area (Å²) < 4.78 is 24.3. The number of anilines is 1. The van der Waals surface area contributed by atoms with Crippen LogP contribution in [0.4, 0.5) is 5.69 Å². The fourth-order valence-corrected chi connectivity index (χ4v) is 2.71. The molecule has 1 atom stereocenters. The molecule has 0 aliphatic heterocycles. The zero-order valence-corrected chi connectivity index (χ0v) is 11.4. The fraction of sp³-hybridized carbons (Fsp3) is 0.455. The highest BCUT2D eigenvalue weighted by molar-refractivity contribution is 7.92. The van der Waals surface area contributed by atoms with Crippen molar-refractivity contribution in [3.05, 3.63) is 29.8 Å². The fourth-order valence-electron chi connectivity index (χ4n) is 1.56. The first-order valence-electron chi connectivity index (χ1n) is 5.21. The van der Waals surface area contributed by atoms with Gasteiger partial charge in [0.15, 0.2) is 0 Å². The van der Waals surface area contributed by atoms with Gasteiger partial charge in [0, 0.05) is 6.54 Å². The standard InChI is InChI=1S/C11H16ClNO3S/c1-3-13(17(2,15)16)10-6-4-9(5-7-10)11(14)8-12/h4-7,11,14H,3,8H2,1-2H3/t11-/m0/s1. The van der Waals surface area contributed by atoms with Crippen LogP contribution in [0, 0.1) is 0 Å². The Bertz CT molecular complexity index is 458. The van der Waals surface area contributed by atoms with Crippen LogP contribution in [-0.2, 0) is 10.0 Å². The van der Waals surface area contributed by atoms with Crippen LogP contribution in [-0.4, -0.2) is 32.2 Å². The van der Waals surface area contributed by atoms with Gasteiger partial charge >= 0.3 is 0 Å². The summed E-state index contributed by atoms with van der Waals surface area (Å²) in [5.41, 5.74) is 1.26. The molecule has 0 fully saturated rings. The van der Waals surface area contributed by atoms with E-state index in [1.54, 1.807) is 31.2 Å². The molecule has 0 aliphatic carbocycles. The lowest BCUT2D eigenvalue weighted by Crippen LogP contribution is -2.29. The van der Waals surface area contributed by atoms with Gasteiger partial charge < -0.3 is 5.11 Å².